The number of halogens is 2. The number of hydrogen-bond acceptors (Lipinski definition) is 2. The van der Waals surface area contributed by atoms with Gasteiger partial charge in [0.05, 0.1) is 10.5 Å². The van der Waals surface area contributed by atoms with Gasteiger partial charge in [-0.15, -0.1) is 11.3 Å². The van der Waals surface area contributed by atoms with Crippen LogP contribution in [0.2, 0.25) is 10.0 Å². The minimum absolute atomic E-state index is 0.676. The van der Waals surface area contributed by atoms with Gasteiger partial charge < -0.3 is 9.88 Å². The first kappa shape index (κ1) is 14.9. The van der Waals surface area contributed by atoms with Crippen LogP contribution in [0.25, 0.3) is 10.9 Å². The third kappa shape index (κ3) is 3.27. The highest BCUT2D eigenvalue weighted by atomic mass is 35.5. The summed E-state index contributed by atoms with van der Waals surface area (Å²) in [4.78, 5) is 1.40. The number of hydrogen-bond donors (Lipinski definition) is 1. The maximum Gasteiger partial charge on any atom is 0.0514 e. The maximum absolute atomic E-state index is 6.21. The van der Waals surface area contributed by atoms with E-state index in [1.807, 2.05) is 12.1 Å². The van der Waals surface area contributed by atoms with E-state index < -0.39 is 0 Å². The lowest BCUT2D eigenvalue weighted by atomic mass is 10.2. The fraction of sp³-hybridized carbons (Fsp3) is 0.250. The highest BCUT2D eigenvalue weighted by Gasteiger charge is 2.06. The molecule has 0 fully saturated rings. The summed E-state index contributed by atoms with van der Waals surface area (Å²) in [6, 6.07) is 7.95. The lowest BCUT2D eigenvalue weighted by Crippen LogP contribution is -2.19. The van der Waals surface area contributed by atoms with Gasteiger partial charge in [-0.05, 0) is 42.1 Å². The molecular formula is C16H16Cl2N2S. The van der Waals surface area contributed by atoms with Crippen molar-refractivity contribution < 1.29 is 0 Å². The highest BCUT2D eigenvalue weighted by molar-refractivity contribution is 7.10. The van der Waals surface area contributed by atoms with E-state index >= 15 is 0 Å². The predicted octanol–water partition coefficient (Wildman–Crippen LogP) is 5.11. The summed E-state index contributed by atoms with van der Waals surface area (Å²) in [5.41, 5.74) is 2.44. The zero-order chi connectivity index (χ0) is 14.8. The molecule has 0 spiro atoms. The first-order valence-electron chi connectivity index (χ1n) is 6.83. The molecule has 110 valence electrons. The minimum atomic E-state index is 0.676. The number of aryl methyl sites for hydroxylation is 1. The molecule has 0 aliphatic carbocycles. The van der Waals surface area contributed by atoms with E-state index in [2.05, 4.69) is 34.5 Å². The number of nitrogens with one attached hydrogen (secondary N) is 1. The smallest absolute Gasteiger partial charge is 0.0514 e. The molecule has 2 heterocycles. The van der Waals surface area contributed by atoms with Crippen LogP contribution in [0.15, 0.2) is 35.8 Å². The minimum Gasteiger partial charge on any atom is -0.346 e. The summed E-state index contributed by atoms with van der Waals surface area (Å²) in [6.45, 7) is 4.87. The van der Waals surface area contributed by atoms with Crippen LogP contribution in [0.5, 0.6) is 0 Å². The second kappa shape index (κ2) is 6.41. The molecule has 0 saturated carbocycles. The quantitative estimate of drug-likeness (QED) is 0.639. The Morgan fingerprint density at radius 1 is 1.24 bits per heavy atom. The molecule has 0 aliphatic heterocycles. The van der Waals surface area contributed by atoms with Crippen LogP contribution in [-0.2, 0) is 13.1 Å². The number of nitrogens with zero attached hydrogens (tertiary/aromatic N) is 1. The molecule has 2 nitrogen and oxygen atoms in total. The van der Waals surface area contributed by atoms with Crippen molar-refractivity contribution in [2.24, 2.45) is 0 Å². The zero-order valence-corrected chi connectivity index (χ0v) is 14.0. The van der Waals surface area contributed by atoms with Crippen molar-refractivity contribution in [2.75, 3.05) is 6.54 Å². The molecule has 0 amide bonds. The van der Waals surface area contributed by atoms with E-state index in [-0.39, 0.29) is 0 Å². The van der Waals surface area contributed by atoms with Crippen LogP contribution >= 0.6 is 34.5 Å². The molecule has 0 saturated heterocycles. The maximum atomic E-state index is 6.21. The van der Waals surface area contributed by atoms with Gasteiger partial charge in [0.15, 0.2) is 0 Å². The molecular weight excluding hydrogens is 323 g/mol. The monoisotopic (exact) mass is 338 g/mol. The Morgan fingerprint density at radius 2 is 2.10 bits per heavy atom. The van der Waals surface area contributed by atoms with Crippen LogP contribution in [0.1, 0.15) is 10.4 Å². The molecule has 3 rings (SSSR count). The number of fused-ring (bicyclic) bond motifs is 1. The Morgan fingerprint density at radius 3 is 2.86 bits per heavy atom. The summed E-state index contributed by atoms with van der Waals surface area (Å²) in [7, 11) is 0. The number of rotatable bonds is 5. The standard InChI is InChI=1S/C16H16Cl2N2S/c1-11-3-7-21-16(11)10-19-4-6-20-5-2-13-14(18)8-12(17)9-15(13)20/h2-3,5,7-9,19H,4,6,10H2,1H3. The van der Waals surface area contributed by atoms with Crippen LogP contribution in [-0.4, -0.2) is 11.1 Å². The Bertz CT molecular complexity index is 761. The molecule has 3 aromatic rings. The Kier molecular flexibility index (Phi) is 4.55. The van der Waals surface area contributed by atoms with Crippen molar-refractivity contribution in [3.63, 3.8) is 0 Å². The zero-order valence-electron chi connectivity index (χ0n) is 11.7. The first-order chi connectivity index (χ1) is 10.1. The Balaban J connectivity index is 1.64. The summed E-state index contributed by atoms with van der Waals surface area (Å²) in [5, 5.41) is 8.05. The average molecular weight is 339 g/mol. The van der Waals surface area contributed by atoms with Crippen molar-refractivity contribution in [1.82, 2.24) is 9.88 Å². The van der Waals surface area contributed by atoms with Crippen molar-refractivity contribution in [1.29, 1.82) is 0 Å². The summed E-state index contributed by atoms with van der Waals surface area (Å²) < 4.78 is 2.18. The van der Waals surface area contributed by atoms with Gasteiger partial charge in [-0.1, -0.05) is 23.2 Å². The lowest BCUT2D eigenvalue weighted by Gasteiger charge is -2.08. The molecule has 0 aliphatic rings. The van der Waals surface area contributed by atoms with Crippen molar-refractivity contribution in [2.45, 2.75) is 20.0 Å². The Labute approximate surface area is 138 Å². The largest absolute Gasteiger partial charge is 0.346 e. The molecule has 0 atom stereocenters. The van der Waals surface area contributed by atoms with Crippen LogP contribution < -0.4 is 5.32 Å². The third-order valence-electron chi connectivity index (χ3n) is 3.59. The van der Waals surface area contributed by atoms with Gasteiger partial charge in [0, 0.05) is 41.1 Å². The molecule has 1 N–H and O–H groups in total. The lowest BCUT2D eigenvalue weighted by molar-refractivity contribution is 0.612. The highest BCUT2D eigenvalue weighted by Crippen LogP contribution is 2.28. The number of benzene rings is 1. The van der Waals surface area contributed by atoms with Crippen LogP contribution in [0, 0.1) is 6.92 Å². The molecule has 21 heavy (non-hydrogen) atoms. The average Bonchev–Trinajstić information content (AvgIpc) is 3.02. The van der Waals surface area contributed by atoms with Gasteiger partial charge >= 0.3 is 0 Å². The van der Waals surface area contributed by atoms with E-state index in [9.17, 15) is 0 Å². The van der Waals surface area contributed by atoms with E-state index in [0.29, 0.717) is 10.0 Å². The van der Waals surface area contributed by atoms with Gasteiger partial charge in [0.25, 0.3) is 0 Å². The van der Waals surface area contributed by atoms with Gasteiger partial charge in [-0.25, -0.2) is 0 Å². The van der Waals surface area contributed by atoms with Gasteiger partial charge in [-0.3, -0.25) is 0 Å². The van der Waals surface area contributed by atoms with Gasteiger partial charge in [-0.2, -0.15) is 0 Å². The molecule has 0 unspecified atom stereocenters. The predicted molar refractivity (Wildman–Crippen MR) is 92.7 cm³/mol. The van der Waals surface area contributed by atoms with Crippen LogP contribution in [0.3, 0.4) is 0 Å². The fourth-order valence-electron chi connectivity index (χ4n) is 2.40. The van der Waals surface area contributed by atoms with E-state index in [1.165, 1.54) is 10.4 Å². The Hall–Kier alpha value is -1.00. The molecule has 0 radical (unpaired) electrons. The van der Waals surface area contributed by atoms with Gasteiger partial charge in [0.2, 0.25) is 0 Å². The second-order valence-corrected chi connectivity index (χ2v) is 6.88. The molecule has 2 aromatic heterocycles. The van der Waals surface area contributed by atoms with Crippen molar-refractivity contribution in [3.8, 4) is 0 Å². The van der Waals surface area contributed by atoms with Crippen molar-refractivity contribution >= 4 is 45.4 Å². The van der Waals surface area contributed by atoms with E-state index in [0.717, 1.165) is 30.5 Å². The normalized spacial score (nSPS) is 11.4. The van der Waals surface area contributed by atoms with E-state index in [1.54, 1.807) is 17.4 Å². The number of thiophene rings is 1. The summed E-state index contributed by atoms with van der Waals surface area (Å²) in [5.74, 6) is 0. The van der Waals surface area contributed by atoms with Gasteiger partial charge in [0.1, 0.15) is 0 Å². The fourth-order valence-corrected chi connectivity index (χ4v) is 3.82. The SMILES string of the molecule is Cc1ccsc1CNCCn1ccc2c(Cl)cc(Cl)cc21. The van der Waals surface area contributed by atoms with E-state index in [4.69, 9.17) is 23.2 Å². The number of aromatic nitrogens is 1. The topological polar surface area (TPSA) is 17.0 Å². The molecule has 1 aromatic carbocycles. The molecule has 0 bridgehead atoms. The summed E-state index contributed by atoms with van der Waals surface area (Å²) in [6.07, 6.45) is 2.06. The van der Waals surface area contributed by atoms with Crippen LogP contribution in [0.4, 0.5) is 0 Å². The third-order valence-corrected chi connectivity index (χ3v) is 5.14. The summed E-state index contributed by atoms with van der Waals surface area (Å²) >= 11 is 14.1. The molecule has 5 heteroatoms. The van der Waals surface area contributed by atoms with Crippen molar-refractivity contribution in [3.05, 3.63) is 56.3 Å². The second-order valence-electron chi connectivity index (χ2n) is 5.03. The first-order valence-corrected chi connectivity index (χ1v) is 8.46.